The summed E-state index contributed by atoms with van der Waals surface area (Å²) in [5.41, 5.74) is 0. The van der Waals surface area contributed by atoms with Crippen LogP contribution in [0.5, 0.6) is 0 Å². The first-order valence-electron chi connectivity index (χ1n) is 9.81. The van der Waals surface area contributed by atoms with Crippen molar-refractivity contribution in [2.75, 3.05) is 42.7 Å². The lowest BCUT2D eigenvalue weighted by Crippen LogP contribution is -2.42. The van der Waals surface area contributed by atoms with Crippen LogP contribution in [-0.2, 0) is 26.6 Å². The van der Waals surface area contributed by atoms with Gasteiger partial charge in [0.15, 0.2) is 0 Å². The summed E-state index contributed by atoms with van der Waals surface area (Å²) in [6.07, 6.45) is 9.62. The molecule has 0 aromatic heterocycles. The Morgan fingerprint density at radius 2 is 0.885 bits per heavy atom. The van der Waals surface area contributed by atoms with Gasteiger partial charge in [-0.1, -0.05) is 45.4 Å². The Balaban J connectivity index is 4.51. The van der Waals surface area contributed by atoms with Gasteiger partial charge in [-0.2, -0.15) is 0 Å². The molecule has 26 heavy (non-hydrogen) atoms. The second-order valence-corrected chi connectivity index (χ2v) is 12.9. The molecule has 0 bridgehead atoms. The average Bonchev–Trinajstić information content (AvgIpc) is 2.69. The van der Waals surface area contributed by atoms with Gasteiger partial charge in [-0.15, -0.1) is 0 Å². The van der Waals surface area contributed by atoms with E-state index in [0.717, 1.165) is 24.9 Å². The highest BCUT2D eigenvalue weighted by Crippen LogP contribution is 2.27. The van der Waals surface area contributed by atoms with Gasteiger partial charge in [0.25, 0.3) is 0 Å². The van der Waals surface area contributed by atoms with Crippen LogP contribution in [-0.4, -0.2) is 60.3 Å². The third-order valence-corrected chi connectivity index (χ3v) is 10.9. The Bertz CT molecular complexity index is 282. The second-order valence-electron chi connectivity index (χ2n) is 6.74. The van der Waals surface area contributed by atoms with Crippen LogP contribution in [0, 0.1) is 5.92 Å². The van der Waals surface area contributed by atoms with Crippen molar-refractivity contribution in [3.05, 3.63) is 0 Å². The standard InChI is InChI=1S/C18H42O6Si2/c1-8-9-10-13-18(14-11-16-25(19-2,20-3)21-4)15-12-17-26(22-5,23-6)24-7/h18H,8-17H2,1-7H3. The summed E-state index contributed by atoms with van der Waals surface area (Å²) in [6.45, 7) is 2.25. The van der Waals surface area contributed by atoms with E-state index < -0.39 is 17.6 Å². The maximum Gasteiger partial charge on any atom is 0.500 e. The molecule has 0 aromatic carbocycles. The molecular formula is C18H42O6Si2. The Labute approximate surface area is 163 Å². The predicted molar refractivity (Wildman–Crippen MR) is 109 cm³/mol. The summed E-state index contributed by atoms with van der Waals surface area (Å²) >= 11 is 0. The van der Waals surface area contributed by atoms with Gasteiger partial charge in [-0.05, 0) is 18.8 Å². The lowest BCUT2D eigenvalue weighted by atomic mass is 9.92. The van der Waals surface area contributed by atoms with Crippen molar-refractivity contribution < 1.29 is 26.6 Å². The highest BCUT2D eigenvalue weighted by molar-refractivity contribution is 6.60. The molecular weight excluding hydrogens is 368 g/mol. The molecule has 0 unspecified atom stereocenters. The first-order chi connectivity index (χ1) is 12.5. The zero-order chi connectivity index (χ0) is 19.9. The van der Waals surface area contributed by atoms with E-state index in [1.165, 1.54) is 38.5 Å². The van der Waals surface area contributed by atoms with Gasteiger partial charge in [0.05, 0.1) is 0 Å². The van der Waals surface area contributed by atoms with Gasteiger partial charge >= 0.3 is 17.6 Å². The fourth-order valence-corrected chi connectivity index (χ4v) is 6.94. The van der Waals surface area contributed by atoms with Crippen LogP contribution in [0.3, 0.4) is 0 Å². The molecule has 8 heteroatoms. The van der Waals surface area contributed by atoms with Crippen LogP contribution in [0.4, 0.5) is 0 Å². The predicted octanol–water partition coefficient (Wildman–Crippen LogP) is 4.50. The van der Waals surface area contributed by atoms with Crippen molar-refractivity contribution in [1.29, 1.82) is 0 Å². The maximum absolute atomic E-state index is 5.54. The summed E-state index contributed by atoms with van der Waals surface area (Å²) in [4.78, 5) is 0. The SMILES string of the molecule is CCCCCC(CCC[Si](OC)(OC)OC)CCC[Si](OC)(OC)OC. The molecule has 0 heterocycles. The lowest BCUT2D eigenvalue weighted by Gasteiger charge is -2.26. The quantitative estimate of drug-likeness (QED) is 0.245. The van der Waals surface area contributed by atoms with Crippen LogP contribution in [0.2, 0.25) is 12.1 Å². The fraction of sp³-hybridized carbons (Fsp3) is 1.00. The molecule has 0 aromatic rings. The summed E-state index contributed by atoms with van der Waals surface area (Å²) < 4.78 is 33.2. The van der Waals surface area contributed by atoms with E-state index in [1.54, 1.807) is 42.7 Å². The first kappa shape index (κ1) is 26.2. The minimum absolute atomic E-state index is 0.705. The molecule has 0 aliphatic rings. The Morgan fingerprint density at radius 1 is 0.538 bits per heavy atom. The zero-order valence-electron chi connectivity index (χ0n) is 18.1. The van der Waals surface area contributed by atoms with Crippen LogP contribution >= 0.6 is 0 Å². The van der Waals surface area contributed by atoms with Gasteiger partial charge in [-0.25, -0.2) is 0 Å². The molecule has 6 nitrogen and oxygen atoms in total. The minimum Gasteiger partial charge on any atom is -0.377 e. The first-order valence-corrected chi connectivity index (χ1v) is 13.7. The van der Waals surface area contributed by atoms with Gasteiger partial charge < -0.3 is 26.6 Å². The summed E-state index contributed by atoms with van der Waals surface area (Å²) in [7, 11) is 5.19. The van der Waals surface area contributed by atoms with Crippen LogP contribution in [0.1, 0.15) is 58.3 Å². The van der Waals surface area contributed by atoms with E-state index in [9.17, 15) is 0 Å². The topological polar surface area (TPSA) is 55.4 Å². The van der Waals surface area contributed by atoms with E-state index in [-0.39, 0.29) is 0 Å². The van der Waals surface area contributed by atoms with E-state index in [1.807, 2.05) is 0 Å². The van der Waals surface area contributed by atoms with Crippen molar-refractivity contribution in [2.45, 2.75) is 70.4 Å². The smallest absolute Gasteiger partial charge is 0.377 e. The van der Waals surface area contributed by atoms with E-state index >= 15 is 0 Å². The Hall–Kier alpha value is 0.194. The van der Waals surface area contributed by atoms with E-state index in [2.05, 4.69) is 6.92 Å². The largest absolute Gasteiger partial charge is 0.500 e. The van der Waals surface area contributed by atoms with Gasteiger partial charge in [0.1, 0.15) is 0 Å². The molecule has 0 amide bonds. The third-order valence-electron chi connectivity index (χ3n) is 5.27. The Kier molecular flexibility index (Phi) is 15.3. The molecule has 0 fully saturated rings. The summed E-state index contributed by atoms with van der Waals surface area (Å²) in [5.74, 6) is 0.705. The molecule has 0 atom stereocenters. The molecule has 0 N–H and O–H groups in total. The van der Waals surface area contributed by atoms with Crippen molar-refractivity contribution in [3.8, 4) is 0 Å². The van der Waals surface area contributed by atoms with Crippen LogP contribution in [0.25, 0.3) is 0 Å². The van der Waals surface area contributed by atoms with Crippen molar-refractivity contribution in [3.63, 3.8) is 0 Å². The number of rotatable bonds is 18. The molecule has 0 aliphatic heterocycles. The molecule has 0 saturated carbocycles. The molecule has 158 valence electrons. The normalized spacial score (nSPS) is 12.9. The van der Waals surface area contributed by atoms with Crippen molar-refractivity contribution in [1.82, 2.24) is 0 Å². The number of unbranched alkanes of at least 4 members (excludes halogenated alkanes) is 2. The molecule has 0 saturated heterocycles. The van der Waals surface area contributed by atoms with Crippen LogP contribution < -0.4 is 0 Å². The van der Waals surface area contributed by atoms with Crippen LogP contribution in [0.15, 0.2) is 0 Å². The lowest BCUT2D eigenvalue weighted by molar-refractivity contribution is 0.121. The number of hydrogen-bond acceptors (Lipinski definition) is 6. The summed E-state index contributed by atoms with van der Waals surface area (Å²) in [5, 5.41) is 0. The maximum atomic E-state index is 5.54. The molecule has 0 rings (SSSR count). The fourth-order valence-electron chi connectivity index (χ4n) is 3.44. The van der Waals surface area contributed by atoms with Crippen molar-refractivity contribution >= 4 is 17.6 Å². The zero-order valence-corrected chi connectivity index (χ0v) is 20.1. The van der Waals surface area contributed by atoms with Gasteiger partial charge in [-0.3, -0.25) is 0 Å². The number of hydrogen-bond donors (Lipinski definition) is 0. The molecule has 0 radical (unpaired) electrons. The molecule has 0 spiro atoms. The minimum atomic E-state index is -2.45. The van der Waals surface area contributed by atoms with Gasteiger partial charge in [0, 0.05) is 54.7 Å². The van der Waals surface area contributed by atoms with Gasteiger partial charge in [0.2, 0.25) is 0 Å². The third kappa shape index (κ3) is 9.41. The monoisotopic (exact) mass is 410 g/mol. The van der Waals surface area contributed by atoms with E-state index in [4.69, 9.17) is 26.6 Å². The van der Waals surface area contributed by atoms with E-state index in [0.29, 0.717) is 5.92 Å². The highest BCUT2D eigenvalue weighted by atomic mass is 28.4. The second kappa shape index (κ2) is 15.2. The highest BCUT2D eigenvalue weighted by Gasteiger charge is 2.38. The molecule has 0 aliphatic carbocycles. The Morgan fingerprint density at radius 3 is 1.19 bits per heavy atom. The summed E-state index contributed by atoms with van der Waals surface area (Å²) in [6, 6.07) is 1.74. The van der Waals surface area contributed by atoms with Crippen molar-refractivity contribution in [2.24, 2.45) is 5.92 Å². The average molecular weight is 411 g/mol.